The summed E-state index contributed by atoms with van der Waals surface area (Å²) in [5.41, 5.74) is 1.25. The van der Waals surface area contributed by atoms with Gasteiger partial charge < -0.3 is 10.2 Å². The maximum Gasteiger partial charge on any atom is 0.322 e. The van der Waals surface area contributed by atoms with Gasteiger partial charge >= 0.3 is 6.03 Å². The fraction of sp³-hybridized carbons (Fsp3) is 0.438. The van der Waals surface area contributed by atoms with E-state index in [0.29, 0.717) is 13.1 Å². The number of hydrogen-bond acceptors (Lipinski definition) is 5. The van der Waals surface area contributed by atoms with Crippen LogP contribution < -0.4 is 5.32 Å². The molecule has 1 fully saturated rings. The molecule has 0 saturated carbocycles. The van der Waals surface area contributed by atoms with Crippen molar-refractivity contribution in [2.45, 2.75) is 19.9 Å². The highest BCUT2D eigenvalue weighted by Crippen LogP contribution is 2.15. The average Bonchev–Trinajstić information content (AvgIpc) is 3.05. The molecule has 2 amide bonds. The van der Waals surface area contributed by atoms with Crippen LogP contribution in [0.1, 0.15) is 17.6 Å². The van der Waals surface area contributed by atoms with Crippen LogP contribution >= 0.6 is 11.3 Å². The molecule has 128 valence electrons. The molecule has 3 rings (SSSR count). The Bertz CT molecular complexity index is 699. The van der Waals surface area contributed by atoms with Gasteiger partial charge in [0.1, 0.15) is 0 Å². The van der Waals surface area contributed by atoms with Crippen molar-refractivity contribution in [3.63, 3.8) is 0 Å². The monoisotopic (exact) mass is 349 g/mol. The third-order valence-corrected chi connectivity index (χ3v) is 5.00. The third kappa shape index (κ3) is 4.07. The number of nitrogens with zero attached hydrogens (tertiary/aromatic N) is 4. The van der Waals surface area contributed by atoms with Crippen molar-refractivity contribution in [2.24, 2.45) is 0 Å². The van der Waals surface area contributed by atoms with E-state index in [-0.39, 0.29) is 11.7 Å². The summed E-state index contributed by atoms with van der Waals surface area (Å²) in [6.07, 6.45) is 3.51. The van der Waals surface area contributed by atoms with Gasteiger partial charge in [0.25, 0.3) is 0 Å². The standard InChI is InChI=1S/C16H20FN5OS/c1-2-15-19-12(11-24-15)10-21-5-7-22(8-6-21)16(23)20-14-3-4-18-9-13(14)17/h3-4,9,11H,2,5-8,10H2,1H3,(H,18,20,23). The van der Waals surface area contributed by atoms with Gasteiger partial charge in [0.15, 0.2) is 5.82 Å². The molecule has 0 bridgehead atoms. The lowest BCUT2D eigenvalue weighted by Gasteiger charge is -2.34. The summed E-state index contributed by atoms with van der Waals surface area (Å²) in [7, 11) is 0. The summed E-state index contributed by atoms with van der Waals surface area (Å²) in [5, 5.41) is 5.85. The smallest absolute Gasteiger partial charge is 0.322 e. The third-order valence-electron chi connectivity index (χ3n) is 3.96. The molecule has 24 heavy (non-hydrogen) atoms. The molecule has 2 aromatic rings. The number of halogens is 1. The van der Waals surface area contributed by atoms with E-state index >= 15 is 0 Å². The lowest BCUT2D eigenvalue weighted by Crippen LogP contribution is -2.49. The van der Waals surface area contributed by atoms with Crippen molar-refractivity contribution in [3.8, 4) is 0 Å². The first kappa shape index (κ1) is 16.8. The Hall–Kier alpha value is -2.06. The van der Waals surface area contributed by atoms with E-state index < -0.39 is 5.82 Å². The molecule has 1 saturated heterocycles. The van der Waals surface area contributed by atoms with Gasteiger partial charge in [0.2, 0.25) is 0 Å². The van der Waals surface area contributed by atoms with Gasteiger partial charge in [-0.1, -0.05) is 6.92 Å². The average molecular weight is 349 g/mol. The summed E-state index contributed by atoms with van der Waals surface area (Å²) >= 11 is 1.69. The van der Waals surface area contributed by atoms with Crippen LogP contribution in [0.2, 0.25) is 0 Å². The predicted molar refractivity (Wildman–Crippen MR) is 91.6 cm³/mol. The summed E-state index contributed by atoms with van der Waals surface area (Å²) in [4.78, 5) is 24.5. The van der Waals surface area contributed by atoms with E-state index in [1.807, 2.05) is 0 Å². The normalized spacial score (nSPS) is 15.5. The number of pyridine rings is 1. The quantitative estimate of drug-likeness (QED) is 0.922. The lowest BCUT2D eigenvalue weighted by atomic mass is 10.3. The SMILES string of the molecule is CCc1nc(CN2CCN(C(=O)Nc3ccncc3F)CC2)cs1. The molecule has 1 aliphatic rings. The van der Waals surface area contributed by atoms with E-state index in [2.05, 4.69) is 32.5 Å². The van der Waals surface area contributed by atoms with Crippen LogP contribution in [0.25, 0.3) is 0 Å². The van der Waals surface area contributed by atoms with Gasteiger partial charge in [-0.15, -0.1) is 11.3 Å². The fourth-order valence-corrected chi connectivity index (χ4v) is 3.33. The van der Waals surface area contributed by atoms with E-state index in [9.17, 15) is 9.18 Å². The highest BCUT2D eigenvalue weighted by Gasteiger charge is 2.22. The largest absolute Gasteiger partial charge is 0.322 e. The minimum Gasteiger partial charge on any atom is -0.322 e. The van der Waals surface area contributed by atoms with Crippen molar-refractivity contribution in [1.82, 2.24) is 19.8 Å². The molecule has 0 aliphatic carbocycles. The van der Waals surface area contributed by atoms with Crippen LogP contribution in [0, 0.1) is 5.82 Å². The van der Waals surface area contributed by atoms with Crippen LogP contribution in [0.5, 0.6) is 0 Å². The Balaban J connectivity index is 1.49. The van der Waals surface area contributed by atoms with Crippen LogP contribution in [-0.4, -0.2) is 52.0 Å². The van der Waals surface area contributed by atoms with E-state index in [1.54, 1.807) is 16.2 Å². The van der Waals surface area contributed by atoms with E-state index in [0.717, 1.165) is 43.0 Å². The lowest BCUT2D eigenvalue weighted by molar-refractivity contribution is 0.142. The van der Waals surface area contributed by atoms with Gasteiger partial charge in [-0.25, -0.2) is 14.2 Å². The summed E-state index contributed by atoms with van der Waals surface area (Å²) < 4.78 is 13.5. The number of aromatic nitrogens is 2. The van der Waals surface area contributed by atoms with Crippen LogP contribution in [0.4, 0.5) is 14.9 Å². The molecule has 0 radical (unpaired) electrons. The Morgan fingerprint density at radius 2 is 2.17 bits per heavy atom. The molecule has 6 nitrogen and oxygen atoms in total. The second-order valence-electron chi connectivity index (χ2n) is 5.64. The molecule has 0 atom stereocenters. The number of urea groups is 1. The number of carbonyl (C=O) groups is 1. The van der Waals surface area contributed by atoms with E-state index in [1.165, 1.54) is 12.3 Å². The van der Waals surface area contributed by atoms with Crippen molar-refractivity contribution < 1.29 is 9.18 Å². The van der Waals surface area contributed by atoms with Gasteiger partial charge in [0, 0.05) is 44.3 Å². The molecule has 1 aliphatic heterocycles. The number of piperazine rings is 1. The Labute approximate surface area is 144 Å². The minimum atomic E-state index is -0.528. The zero-order valence-electron chi connectivity index (χ0n) is 13.5. The molecular weight excluding hydrogens is 329 g/mol. The summed E-state index contributed by atoms with van der Waals surface area (Å²) in [6.45, 7) is 5.71. The van der Waals surface area contributed by atoms with Gasteiger partial charge in [-0.05, 0) is 12.5 Å². The first-order valence-corrected chi connectivity index (χ1v) is 8.84. The number of thiazole rings is 1. The zero-order chi connectivity index (χ0) is 16.9. The number of rotatable bonds is 4. The highest BCUT2D eigenvalue weighted by molar-refractivity contribution is 7.09. The molecule has 2 aromatic heterocycles. The van der Waals surface area contributed by atoms with E-state index in [4.69, 9.17) is 0 Å². The first-order valence-electron chi connectivity index (χ1n) is 7.96. The number of carbonyl (C=O) groups excluding carboxylic acids is 1. The Morgan fingerprint density at radius 3 is 2.83 bits per heavy atom. The maximum absolute atomic E-state index is 13.5. The molecule has 1 N–H and O–H groups in total. The predicted octanol–water partition coefficient (Wildman–Crippen LogP) is 2.59. The van der Waals surface area contributed by atoms with Crippen LogP contribution in [0.3, 0.4) is 0 Å². The number of aryl methyl sites for hydroxylation is 1. The topological polar surface area (TPSA) is 61.4 Å². The number of amides is 2. The summed E-state index contributed by atoms with van der Waals surface area (Å²) in [6, 6.07) is 1.18. The molecule has 3 heterocycles. The minimum absolute atomic E-state index is 0.159. The van der Waals surface area contributed by atoms with Gasteiger partial charge in [0.05, 0.1) is 22.6 Å². The number of hydrogen-bond donors (Lipinski definition) is 1. The van der Waals surface area contributed by atoms with Crippen molar-refractivity contribution in [1.29, 1.82) is 0 Å². The molecule has 8 heteroatoms. The molecular formula is C16H20FN5OS. The first-order chi connectivity index (χ1) is 11.7. The summed E-state index contributed by atoms with van der Waals surface area (Å²) in [5.74, 6) is -0.528. The van der Waals surface area contributed by atoms with Crippen molar-refractivity contribution in [3.05, 3.63) is 40.4 Å². The molecule has 0 spiro atoms. The second-order valence-corrected chi connectivity index (χ2v) is 6.58. The van der Waals surface area contributed by atoms with Gasteiger partial charge in [-0.2, -0.15) is 0 Å². The Kier molecular flexibility index (Phi) is 5.37. The number of nitrogens with one attached hydrogen (secondary N) is 1. The van der Waals surface area contributed by atoms with Crippen LogP contribution in [0.15, 0.2) is 23.8 Å². The van der Waals surface area contributed by atoms with Crippen molar-refractivity contribution in [2.75, 3.05) is 31.5 Å². The Morgan fingerprint density at radius 1 is 1.38 bits per heavy atom. The molecule has 0 aromatic carbocycles. The molecule has 0 unspecified atom stereocenters. The second kappa shape index (κ2) is 7.67. The zero-order valence-corrected chi connectivity index (χ0v) is 14.4. The van der Waals surface area contributed by atoms with Crippen LogP contribution in [-0.2, 0) is 13.0 Å². The highest BCUT2D eigenvalue weighted by atomic mass is 32.1. The van der Waals surface area contributed by atoms with Gasteiger partial charge in [-0.3, -0.25) is 9.88 Å². The maximum atomic E-state index is 13.5. The number of anilines is 1. The van der Waals surface area contributed by atoms with Crippen molar-refractivity contribution >= 4 is 23.1 Å². The fourth-order valence-electron chi connectivity index (χ4n) is 2.59.